The highest BCUT2D eigenvalue weighted by Gasteiger charge is 2.35. The number of thiophene rings is 1. The average Bonchev–Trinajstić information content (AvgIpc) is 3.26. The summed E-state index contributed by atoms with van der Waals surface area (Å²) < 4.78 is 0. The van der Waals surface area contributed by atoms with Crippen molar-refractivity contribution in [1.29, 1.82) is 0 Å². The van der Waals surface area contributed by atoms with Crippen LogP contribution in [0.25, 0.3) is 10.8 Å². The van der Waals surface area contributed by atoms with E-state index in [1.807, 2.05) is 42.6 Å². The van der Waals surface area contributed by atoms with Crippen molar-refractivity contribution in [2.45, 2.75) is 18.7 Å². The van der Waals surface area contributed by atoms with Gasteiger partial charge in [-0.25, -0.2) is 0 Å². The van der Waals surface area contributed by atoms with Crippen LogP contribution in [-0.4, -0.2) is 27.4 Å². The van der Waals surface area contributed by atoms with Crippen molar-refractivity contribution < 1.29 is 4.79 Å². The summed E-state index contributed by atoms with van der Waals surface area (Å²) in [6, 6.07) is 18.4. The summed E-state index contributed by atoms with van der Waals surface area (Å²) in [6.45, 7) is 2.42. The quantitative estimate of drug-likeness (QED) is 0.485. The summed E-state index contributed by atoms with van der Waals surface area (Å²) in [5.74, 6) is 0.0769. The molecule has 0 radical (unpaired) electrons. The van der Waals surface area contributed by atoms with Crippen molar-refractivity contribution >= 4 is 51.2 Å². The fourth-order valence-electron chi connectivity index (χ4n) is 2.91. The maximum atomic E-state index is 12.6. The highest BCUT2D eigenvalue weighted by molar-refractivity contribution is 8.15. The number of carbonyl (C=O) groups excluding carboxylic acids is 1. The van der Waals surface area contributed by atoms with Crippen molar-refractivity contribution in [3.8, 4) is 0 Å². The molecule has 4 nitrogen and oxygen atoms in total. The fraction of sp³-hybridized carbons (Fsp3) is 0.150. The Labute approximate surface area is 160 Å². The standard InChI is InChI=1S/C20H17N3OS2/c1-14-19(24)23(20(26-14)22-21-12-17-9-5-11-25-17)13-16-8-4-7-15-6-2-3-10-18(15)16/h2-12,14H,13H2,1H3/b21-12-,22-20+/t14-/m0/s1. The molecule has 0 unspecified atom stereocenters. The summed E-state index contributed by atoms with van der Waals surface area (Å²) in [5, 5.41) is 13.3. The topological polar surface area (TPSA) is 45.0 Å². The lowest BCUT2D eigenvalue weighted by molar-refractivity contribution is -0.126. The second kappa shape index (κ2) is 7.43. The van der Waals surface area contributed by atoms with Crippen LogP contribution < -0.4 is 0 Å². The van der Waals surface area contributed by atoms with Gasteiger partial charge in [0, 0.05) is 4.88 Å². The molecule has 0 bridgehead atoms. The minimum absolute atomic E-state index is 0.0769. The molecule has 6 heteroatoms. The van der Waals surface area contributed by atoms with Crippen molar-refractivity contribution in [3.05, 3.63) is 70.4 Å². The predicted octanol–water partition coefficient (Wildman–Crippen LogP) is 4.76. The highest BCUT2D eigenvalue weighted by atomic mass is 32.2. The number of thioether (sulfide) groups is 1. The number of fused-ring (bicyclic) bond motifs is 1. The molecule has 4 rings (SSSR count). The molecule has 0 saturated carbocycles. The first-order valence-corrected chi connectivity index (χ1v) is 10.1. The first-order chi connectivity index (χ1) is 12.7. The largest absolute Gasteiger partial charge is 0.284 e. The van der Waals surface area contributed by atoms with Crippen molar-refractivity contribution in [3.63, 3.8) is 0 Å². The first-order valence-electron chi connectivity index (χ1n) is 8.31. The number of carbonyl (C=O) groups is 1. The summed E-state index contributed by atoms with van der Waals surface area (Å²) in [6.07, 6.45) is 1.72. The Bertz CT molecular complexity index is 990. The molecule has 26 heavy (non-hydrogen) atoms. The number of amides is 1. The molecule has 2 heterocycles. The molecule has 0 spiro atoms. The molecule has 1 saturated heterocycles. The molecule has 1 amide bonds. The molecular formula is C20H17N3OS2. The molecule has 2 aromatic carbocycles. The lowest BCUT2D eigenvalue weighted by Crippen LogP contribution is -2.30. The third-order valence-corrected chi connectivity index (χ3v) is 6.08. The van der Waals surface area contributed by atoms with E-state index in [0.717, 1.165) is 15.8 Å². The van der Waals surface area contributed by atoms with Crippen LogP contribution in [0.4, 0.5) is 0 Å². The van der Waals surface area contributed by atoms with Crippen LogP contribution in [0.3, 0.4) is 0 Å². The molecule has 0 N–H and O–H groups in total. The molecule has 1 aliphatic rings. The zero-order valence-electron chi connectivity index (χ0n) is 14.2. The molecular weight excluding hydrogens is 362 g/mol. The van der Waals surface area contributed by atoms with Crippen LogP contribution in [0.2, 0.25) is 0 Å². The molecule has 3 aromatic rings. The molecule has 1 fully saturated rings. The summed E-state index contributed by atoms with van der Waals surface area (Å²) in [5.41, 5.74) is 1.11. The number of benzene rings is 2. The Morgan fingerprint density at radius 2 is 1.96 bits per heavy atom. The van der Waals surface area contributed by atoms with Crippen LogP contribution in [0.5, 0.6) is 0 Å². The van der Waals surface area contributed by atoms with Gasteiger partial charge in [0.05, 0.1) is 18.0 Å². The smallest absolute Gasteiger partial charge is 0.242 e. The normalized spacial score (nSPS) is 19.3. The molecule has 1 aromatic heterocycles. The number of hydrogen-bond acceptors (Lipinski definition) is 5. The van der Waals surface area contributed by atoms with Gasteiger partial charge in [0.2, 0.25) is 5.91 Å². The van der Waals surface area contributed by atoms with E-state index < -0.39 is 0 Å². The summed E-state index contributed by atoms with van der Waals surface area (Å²) >= 11 is 3.07. The predicted molar refractivity (Wildman–Crippen MR) is 111 cm³/mol. The van der Waals surface area contributed by atoms with E-state index in [1.165, 1.54) is 17.1 Å². The van der Waals surface area contributed by atoms with E-state index >= 15 is 0 Å². The third-order valence-electron chi connectivity index (χ3n) is 4.21. The zero-order chi connectivity index (χ0) is 17.9. The van der Waals surface area contributed by atoms with Crippen LogP contribution in [0, 0.1) is 0 Å². The second-order valence-corrected chi connectivity index (χ2v) is 8.25. The monoisotopic (exact) mass is 379 g/mol. The van der Waals surface area contributed by atoms with E-state index in [-0.39, 0.29) is 11.2 Å². The van der Waals surface area contributed by atoms with Gasteiger partial charge in [0.25, 0.3) is 0 Å². The number of hydrogen-bond donors (Lipinski definition) is 0. The molecule has 1 aliphatic heterocycles. The first kappa shape index (κ1) is 17.0. The van der Waals surface area contributed by atoms with Gasteiger partial charge in [-0.15, -0.1) is 16.4 Å². The average molecular weight is 380 g/mol. The molecule has 1 atom stereocenters. The zero-order valence-corrected chi connectivity index (χ0v) is 15.8. The lowest BCUT2D eigenvalue weighted by Gasteiger charge is -2.17. The molecule has 130 valence electrons. The van der Waals surface area contributed by atoms with Crippen LogP contribution in [0.1, 0.15) is 17.4 Å². The number of rotatable bonds is 4. The summed E-state index contributed by atoms with van der Waals surface area (Å²) in [7, 11) is 0. The summed E-state index contributed by atoms with van der Waals surface area (Å²) in [4.78, 5) is 15.4. The van der Waals surface area contributed by atoms with E-state index in [4.69, 9.17) is 0 Å². The lowest BCUT2D eigenvalue weighted by atomic mass is 10.0. The fourth-order valence-corrected chi connectivity index (χ4v) is 4.41. The van der Waals surface area contributed by atoms with Gasteiger partial charge < -0.3 is 0 Å². The molecule has 0 aliphatic carbocycles. The van der Waals surface area contributed by atoms with Crippen molar-refractivity contribution in [2.75, 3.05) is 0 Å². The van der Waals surface area contributed by atoms with Gasteiger partial charge in [-0.1, -0.05) is 60.3 Å². The maximum absolute atomic E-state index is 12.6. The highest BCUT2D eigenvalue weighted by Crippen LogP contribution is 2.30. The van der Waals surface area contributed by atoms with Crippen LogP contribution in [0.15, 0.2) is 70.2 Å². The van der Waals surface area contributed by atoms with E-state index in [0.29, 0.717) is 11.7 Å². The van der Waals surface area contributed by atoms with Gasteiger partial charge in [-0.3, -0.25) is 9.69 Å². The van der Waals surface area contributed by atoms with Gasteiger partial charge in [0.1, 0.15) is 0 Å². The minimum atomic E-state index is -0.138. The van der Waals surface area contributed by atoms with E-state index in [2.05, 4.69) is 34.5 Å². The third kappa shape index (κ3) is 3.43. The second-order valence-electron chi connectivity index (χ2n) is 5.97. The van der Waals surface area contributed by atoms with Gasteiger partial charge >= 0.3 is 0 Å². The van der Waals surface area contributed by atoms with Gasteiger partial charge in [0.15, 0.2) is 5.17 Å². The maximum Gasteiger partial charge on any atom is 0.242 e. The van der Waals surface area contributed by atoms with Crippen molar-refractivity contribution in [1.82, 2.24) is 4.90 Å². The van der Waals surface area contributed by atoms with Gasteiger partial charge in [-0.05, 0) is 34.7 Å². The Hall–Kier alpha value is -2.44. The van der Waals surface area contributed by atoms with E-state index in [1.54, 1.807) is 22.5 Å². The van der Waals surface area contributed by atoms with Crippen molar-refractivity contribution in [2.24, 2.45) is 10.2 Å². The number of nitrogens with zero attached hydrogens (tertiary/aromatic N) is 3. The number of amidine groups is 1. The Kier molecular flexibility index (Phi) is 4.86. The minimum Gasteiger partial charge on any atom is -0.284 e. The Morgan fingerprint density at radius 3 is 2.81 bits per heavy atom. The Morgan fingerprint density at radius 1 is 1.12 bits per heavy atom. The Balaban J connectivity index is 1.63. The van der Waals surface area contributed by atoms with E-state index in [9.17, 15) is 4.79 Å². The van der Waals surface area contributed by atoms with Crippen LogP contribution in [-0.2, 0) is 11.3 Å². The van der Waals surface area contributed by atoms with Gasteiger partial charge in [-0.2, -0.15) is 5.10 Å². The van der Waals surface area contributed by atoms with Crippen LogP contribution >= 0.6 is 23.1 Å². The SMILES string of the molecule is C[C@@H]1S/C(=N/N=C\c2cccs2)N(Cc2cccc3ccccc23)C1=O.